The number of hydrogen-bond donors (Lipinski definition) is 0. The minimum Gasteiger partial charge on any atom is -0.277 e. The number of benzene rings is 1. The number of imidazole rings is 1. The van der Waals surface area contributed by atoms with E-state index in [1.54, 1.807) is 29.0 Å². The SMILES string of the molecule is Cc1ccc(F)c(-n2c(CCl)nc3cccnc32)c1. The summed E-state index contributed by atoms with van der Waals surface area (Å²) in [6.45, 7) is 1.91. The molecule has 3 aromatic rings. The number of hydrogen-bond acceptors (Lipinski definition) is 2. The lowest BCUT2D eigenvalue weighted by atomic mass is 10.2. The minimum absolute atomic E-state index is 0.198. The van der Waals surface area contributed by atoms with E-state index in [-0.39, 0.29) is 11.7 Å². The predicted molar refractivity (Wildman–Crippen MR) is 73.1 cm³/mol. The van der Waals surface area contributed by atoms with Gasteiger partial charge in [-0.2, -0.15) is 0 Å². The van der Waals surface area contributed by atoms with Crippen LogP contribution >= 0.6 is 11.6 Å². The molecular formula is C14H11ClFN3. The van der Waals surface area contributed by atoms with Gasteiger partial charge in [-0.05, 0) is 36.8 Å². The van der Waals surface area contributed by atoms with Gasteiger partial charge in [-0.1, -0.05) is 6.07 Å². The van der Waals surface area contributed by atoms with Crippen molar-refractivity contribution in [3.8, 4) is 5.69 Å². The van der Waals surface area contributed by atoms with E-state index in [9.17, 15) is 4.39 Å². The molecule has 0 bridgehead atoms. The zero-order valence-corrected chi connectivity index (χ0v) is 11.0. The highest BCUT2D eigenvalue weighted by Crippen LogP contribution is 2.23. The molecule has 0 radical (unpaired) electrons. The highest BCUT2D eigenvalue weighted by molar-refractivity contribution is 6.16. The second-order valence-electron chi connectivity index (χ2n) is 4.30. The van der Waals surface area contributed by atoms with Gasteiger partial charge < -0.3 is 0 Å². The molecule has 0 atom stereocenters. The summed E-state index contributed by atoms with van der Waals surface area (Å²) in [6, 6.07) is 8.57. The van der Waals surface area contributed by atoms with Crippen molar-refractivity contribution < 1.29 is 4.39 Å². The Bertz CT molecular complexity index is 752. The molecule has 5 heteroatoms. The lowest BCUT2D eigenvalue weighted by Gasteiger charge is -2.09. The number of fused-ring (bicyclic) bond motifs is 1. The van der Waals surface area contributed by atoms with Gasteiger partial charge in [-0.3, -0.25) is 4.57 Å². The molecule has 0 amide bonds. The van der Waals surface area contributed by atoms with Crippen LogP contribution in [0.25, 0.3) is 16.9 Å². The van der Waals surface area contributed by atoms with Crippen LogP contribution in [0.4, 0.5) is 4.39 Å². The Labute approximate surface area is 114 Å². The summed E-state index contributed by atoms with van der Waals surface area (Å²) in [4.78, 5) is 8.65. The minimum atomic E-state index is -0.318. The highest BCUT2D eigenvalue weighted by atomic mass is 35.5. The molecule has 0 unspecified atom stereocenters. The molecule has 0 spiro atoms. The van der Waals surface area contributed by atoms with Crippen LogP contribution in [0.2, 0.25) is 0 Å². The summed E-state index contributed by atoms with van der Waals surface area (Å²) < 4.78 is 15.7. The lowest BCUT2D eigenvalue weighted by Crippen LogP contribution is -2.03. The zero-order chi connectivity index (χ0) is 13.4. The first-order chi connectivity index (χ1) is 9.20. The van der Waals surface area contributed by atoms with E-state index in [4.69, 9.17) is 11.6 Å². The maximum atomic E-state index is 14.1. The largest absolute Gasteiger partial charge is 0.277 e. The zero-order valence-electron chi connectivity index (χ0n) is 10.3. The molecule has 0 N–H and O–H groups in total. The fraction of sp³-hybridized carbons (Fsp3) is 0.143. The Hall–Kier alpha value is -1.94. The fourth-order valence-electron chi connectivity index (χ4n) is 2.10. The molecule has 96 valence electrons. The van der Waals surface area contributed by atoms with Crippen LogP contribution in [-0.2, 0) is 5.88 Å². The van der Waals surface area contributed by atoms with Crippen molar-refractivity contribution in [1.29, 1.82) is 0 Å². The third-order valence-corrected chi connectivity index (χ3v) is 3.19. The van der Waals surface area contributed by atoms with Gasteiger partial charge in [-0.25, -0.2) is 14.4 Å². The predicted octanol–water partition coefficient (Wildman–Crippen LogP) is 3.61. The number of pyridine rings is 1. The maximum Gasteiger partial charge on any atom is 0.164 e. The van der Waals surface area contributed by atoms with Crippen molar-refractivity contribution in [2.75, 3.05) is 0 Å². The summed E-state index contributed by atoms with van der Waals surface area (Å²) >= 11 is 5.91. The van der Waals surface area contributed by atoms with Crippen LogP contribution in [-0.4, -0.2) is 14.5 Å². The summed E-state index contributed by atoms with van der Waals surface area (Å²) in [5.41, 5.74) is 2.72. The van der Waals surface area contributed by atoms with E-state index in [1.165, 1.54) is 6.07 Å². The number of aromatic nitrogens is 3. The van der Waals surface area contributed by atoms with Crippen molar-refractivity contribution in [2.24, 2.45) is 0 Å². The first kappa shape index (κ1) is 12.1. The summed E-state index contributed by atoms with van der Waals surface area (Å²) in [6.07, 6.45) is 1.66. The topological polar surface area (TPSA) is 30.7 Å². The van der Waals surface area contributed by atoms with Gasteiger partial charge in [0.2, 0.25) is 0 Å². The van der Waals surface area contributed by atoms with Crippen LogP contribution in [0.15, 0.2) is 36.5 Å². The van der Waals surface area contributed by atoms with E-state index in [0.717, 1.165) is 5.56 Å². The average Bonchev–Trinajstić information content (AvgIpc) is 2.80. The number of rotatable bonds is 2. The molecule has 3 rings (SSSR count). The van der Waals surface area contributed by atoms with Gasteiger partial charge in [0.25, 0.3) is 0 Å². The molecule has 3 nitrogen and oxygen atoms in total. The summed E-state index contributed by atoms with van der Waals surface area (Å²) in [7, 11) is 0. The smallest absolute Gasteiger partial charge is 0.164 e. The number of nitrogens with zero attached hydrogens (tertiary/aromatic N) is 3. The molecule has 0 aliphatic heterocycles. The van der Waals surface area contributed by atoms with Gasteiger partial charge in [0.1, 0.15) is 17.2 Å². The van der Waals surface area contributed by atoms with Crippen LogP contribution in [0.5, 0.6) is 0 Å². The molecule has 2 aromatic heterocycles. The van der Waals surface area contributed by atoms with Crippen molar-refractivity contribution >= 4 is 22.8 Å². The van der Waals surface area contributed by atoms with Gasteiger partial charge in [0.05, 0.1) is 11.6 Å². The van der Waals surface area contributed by atoms with Gasteiger partial charge >= 0.3 is 0 Å². The Balaban J connectivity index is 2.37. The first-order valence-electron chi connectivity index (χ1n) is 5.85. The molecule has 2 heterocycles. The normalized spacial score (nSPS) is 11.1. The van der Waals surface area contributed by atoms with E-state index < -0.39 is 0 Å². The second-order valence-corrected chi connectivity index (χ2v) is 4.57. The number of alkyl halides is 1. The average molecular weight is 276 g/mol. The molecule has 0 saturated carbocycles. The Morgan fingerprint density at radius 2 is 2.16 bits per heavy atom. The molecule has 0 aliphatic carbocycles. The third-order valence-electron chi connectivity index (χ3n) is 2.95. The molecule has 19 heavy (non-hydrogen) atoms. The number of aryl methyl sites for hydroxylation is 1. The van der Waals surface area contributed by atoms with Crippen molar-refractivity contribution in [3.63, 3.8) is 0 Å². The van der Waals surface area contributed by atoms with E-state index in [1.807, 2.05) is 13.0 Å². The molecule has 0 saturated heterocycles. The number of halogens is 2. The van der Waals surface area contributed by atoms with Gasteiger partial charge in [0.15, 0.2) is 5.65 Å². The fourth-order valence-corrected chi connectivity index (χ4v) is 2.28. The standard InChI is InChI=1S/C14H11ClFN3/c1-9-4-5-10(16)12(7-9)19-13(8-15)18-11-3-2-6-17-14(11)19/h2-7H,8H2,1H3. The quantitative estimate of drug-likeness (QED) is 0.669. The Morgan fingerprint density at radius 1 is 1.32 bits per heavy atom. The van der Waals surface area contributed by atoms with E-state index in [0.29, 0.717) is 22.7 Å². The van der Waals surface area contributed by atoms with E-state index >= 15 is 0 Å². The van der Waals surface area contributed by atoms with Crippen molar-refractivity contribution in [1.82, 2.24) is 14.5 Å². The molecule has 0 aliphatic rings. The van der Waals surface area contributed by atoms with Crippen molar-refractivity contribution in [3.05, 3.63) is 53.7 Å². The van der Waals surface area contributed by atoms with Gasteiger partial charge in [0, 0.05) is 6.20 Å². The summed E-state index contributed by atoms with van der Waals surface area (Å²) in [5.74, 6) is 0.464. The van der Waals surface area contributed by atoms with Gasteiger partial charge in [-0.15, -0.1) is 11.6 Å². The second kappa shape index (κ2) is 4.63. The molecule has 0 fully saturated rings. The van der Waals surface area contributed by atoms with Crippen molar-refractivity contribution in [2.45, 2.75) is 12.8 Å². The Morgan fingerprint density at radius 3 is 2.95 bits per heavy atom. The first-order valence-corrected chi connectivity index (χ1v) is 6.39. The van der Waals surface area contributed by atoms with Crippen LogP contribution in [0, 0.1) is 12.7 Å². The summed E-state index contributed by atoms with van der Waals surface area (Å²) in [5, 5.41) is 0. The van der Waals surface area contributed by atoms with E-state index in [2.05, 4.69) is 9.97 Å². The van der Waals surface area contributed by atoms with Crippen LogP contribution < -0.4 is 0 Å². The highest BCUT2D eigenvalue weighted by Gasteiger charge is 2.15. The van der Waals surface area contributed by atoms with Crippen LogP contribution in [0.3, 0.4) is 0 Å². The third kappa shape index (κ3) is 1.98. The lowest BCUT2D eigenvalue weighted by molar-refractivity contribution is 0.617. The maximum absolute atomic E-state index is 14.1. The molecular weight excluding hydrogens is 265 g/mol. The monoisotopic (exact) mass is 275 g/mol. The van der Waals surface area contributed by atoms with Crippen LogP contribution in [0.1, 0.15) is 11.4 Å². The Kier molecular flexibility index (Phi) is 2.95. The molecule has 1 aromatic carbocycles.